The van der Waals surface area contributed by atoms with Gasteiger partial charge in [0, 0.05) is 5.46 Å². The van der Waals surface area contributed by atoms with Crippen molar-refractivity contribution in [2.75, 3.05) is 0 Å². The van der Waals surface area contributed by atoms with Crippen molar-refractivity contribution < 1.29 is 9.22 Å². The first-order valence-electron chi connectivity index (χ1n) is 11.8. The van der Waals surface area contributed by atoms with Crippen LogP contribution < -0.4 is 14.7 Å². The van der Waals surface area contributed by atoms with E-state index in [2.05, 4.69) is 115 Å². The zero-order chi connectivity index (χ0) is 23.4. The smallest absolute Gasteiger partial charge is 0.517 e. The summed E-state index contributed by atoms with van der Waals surface area (Å²) in [7, 11) is 2.02. The largest absolute Gasteiger partial charge is 0.648 e. The van der Waals surface area contributed by atoms with Crippen LogP contribution in [0.4, 0.5) is 0 Å². The number of nitrogens with zero attached hydrogens (tertiary/aromatic N) is 2. The van der Waals surface area contributed by atoms with Crippen LogP contribution in [0, 0.1) is 6.92 Å². The number of aryl methyl sites for hydroxylation is 2. The van der Waals surface area contributed by atoms with Gasteiger partial charge in [0.1, 0.15) is 23.2 Å². The van der Waals surface area contributed by atoms with Crippen LogP contribution in [0.3, 0.4) is 0 Å². The highest BCUT2D eigenvalue weighted by Crippen LogP contribution is 2.45. The van der Waals surface area contributed by atoms with Gasteiger partial charge in [-0.15, -0.1) is 0 Å². The van der Waals surface area contributed by atoms with Crippen LogP contribution in [0.25, 0.3) is 11.4 Å². The number of hydrogen-bond donors (Lipinski definition) is 0. The molecule has 3 aromatic rings. The monoisotopic (exact) mass is 427 g/mol. The maximum Gasteiger partial charge on any atom is 0.648 e. The van der Waals surface area contributed by atoms with Crippen molar-refractivity contribution in [1.82, 2.24) is 4.48 Å². The van der Waals surface area contributed by atoms with E-state index in [0.29, 0.717) is 0 Å². The number of imidazole rings is 1. The molecule has 0 saturated carbocycles. The molecule has 2 aromatic carbocycles. The molecule has 0 aliphatic carbocycles. The molecule has 0 unspecified atom stereocenters. The average molecular weight is 427 g/mol. The average Bonchev–Trinajstić information content (AvgIpc) is 3.03. The molecule has 0 atom stereocenters. The molecular weight excluding hydrogens is 391 g/mol. The van der Waals surface area contributed by atoms with Crippen LogP contribution >= 0.6 is 0 Å². The standard InChI is InChI=1S/C28H36BN2O/c1-17-12-11-13-21-23(17)25-30(10)16-22-28(8,9)20-15-18(26(2,3)4)14-19(27(5,6)7)24(20)29(32-21)31(22)25/h11-16H,1-10H3/q+1. The summed E-state index contributed by atoms with van der Waals surface area (Å²) in [5, 5.41) is 0. The summed E-state index contributed by atoms with van der Waals surface area (Å²) in [4.78, 5) is 0. The van der Waals surface area contributed by atoms with Gasteiger partial charge in [0.25, 0.3) is 5.82 Å². The molecule has 0 amide bonds. The molecule has 0 bridgehead atoms. The Labute approximate surface area is 193 Å². The van der Waals surface area contributed by atoms with Crippen LogP contribution in [0.5, 0.6) is 5.75 Å². The second kappa shape index (κ2) is 6.30. The van der Waals surface area contributed by atoms with Gasteiger partial charge in [-0.05, 0) is 59.9 Å². The minimum absolute atomic E-state index is 0.00463. The third-order valence-electron chi connectivity index (χ3n) is 7.48. The van der Waals surface area contributed by atoms with Crippen molar-refractivity contribution >= 4 is 12.5 Å². The molecule has 32 heavy (non-hydrogen) atoms. The molecular formula is C28H36BN2O+. The molecule has 0 spiro atoms. The van der Waals surface area contributed by atoms with Crippen LogP contribution in [0.15, 0.2) is 36.5 Å². The first-order valence-corrected chi connectivity index (χ1v) is 11.8. The van der Waals surface area contributed by atoms with E-state index in [1.165, 1.54) is 44.8 Å². The second-order valence-corrected chi connectivity index (χ2v) is 12.3. The summed E-state index contributed by atoms with van der Waals surface area (Å²) >= 11 is 0. The first-order chi connectivity index (χ1) is 14.7. The lowest BCUT2D eigenvalue weighted by atomic mass is 9.55. The lowest BCUT2D eigenvalue weighted by Crippen LogP contribution is -2.58. The van der Waals surface area contributed by atoms with Crippen LogP contribution in [0.2, 0.25) is 0 Å². The summed E-state index contributed by atoms with van der Waals surface area (Å²) in [6, 6.07) is 11.3. The highest BCUT2D eigenvalue weighted by atomic mass is 16.4. The molecule has 0 radical (unpaired) electrons. The Kier molecular flexibility index (Phi) is 4.21. The fourth-order valence-corrected chi connectivity index (χ4v) is 5.60. The number of benzene rings is 2. The summed E-state index contributed by atoms with van der Waals surface area (Å²) in [5.41, 5.74) is 9.25. The van der Waals surface area contributed by atoms with E-state index in [9.17, 15) is 0 Å². The quantitative estimate of drug-likeness (QED) is 0.358. The van der Waals surface area contributed by atoms with Crippen molar-refractivity contribution in [3.05, 3.63) is 64.5 Å². The van der Waals surface area contributed by atoms with Gasteiger partial charge in [0.2, 0.25) is 0 Å². The van der Waals surface area contributed by atoms with E-state index < -0.39 is 0 Å². The number of fused-ring (bicyclic) bond motifs is 4. The Hall–Kier alpha value is -2.49. The molecule has 1 aromatic heterocycles. The van der Waals surface area contributed by atoms with Crippen molar-refractivity contribution in [3.63, 3.8) is 0 Å². The van der Waals surface area contributed by atoms with Gasteiger partial charge in [-0.25, -0.2) is 9.05 Å². The van der Waals surface area contributed by atoms with Gasteiger partial charge in [0.05, 0.1) is 12.5 Å². The zero-order valence-corrected chi connectivity index (χ0v) is 21.3. The minimum Gasteiger partial charge on any atom is -0.517 e. The summed E-state index contributed by atoms with van der Waals surface area (Å²) in [6.07, 6.45) is 2.32. The van der Waals surface area contributed by atoms with Crippen LogP contribution in [-0.2, 0) is 23.3 Å². The van der Waals surface area contributed by atoms with Crippen LogP contribution in [-0.4, -0.2) is 11.5 Å². The third kappa shape index (κ3) is 2.77. The van der Waals surface area contributed by atoms with E-state index in [-0.39, 0.29) is 23.3 Å². The Morgan fingerprint density at radius 2 is 1.69 bits per heavy atom. The summed E-state index contributed by atoms with van der Waals surface area (Å²) in [5.74, 6) is 2.22. The first kappa shape index (κ1) is 21.4. The maximum atomic E-state index is 6.86. The molecule has 4 heteroatoms. The lowest BCUT2D eigenvalue weighted by molar-refractivity contribution is -0.659. The lowest BCUT2D eigenvalue weighted by Gasteiger charge is -2.39. The normalized spacial score (nSPS) is 16.2. The van der Waals surface area contributed by atoms with Crippen molar-refractivity contribution in [2.24, 2.45) is 7.05 Å². The molecule has 166 valence electrons. The SMILES string of the molecule is Cc1cccc2c1-c1n3c(c[n+]1C)C(C)(C)c1cc(C(C)(C)C)cc(C(C)(C)C)c1B3O2. The minimum atomic E-state index is -0.151. The highest BCUT2D eigenvalue weighted by Gasteiger charge is 2.55. The Morgan fingerprint density at radius 3 is 2.31 bits per heavy atom. The molecule has 2 aliphatic rings. The van der Waals surface area contributed by atoms with Gasteiger partial charge in [0.15, 0.2) is 0 Å². The molecule has 0 saturated heterocycles. The second-order valence-electron chi connectivity index (χ2n) is 12.3. The molecule has 0 N–H and O–H groups in total. The van der Waals surface area contributed by atoms with E-state index in [1.54, 1.807) is 0 Å². The third-order valence-corrected chi connectivity index (χ3v) is 7.48. The maximum absolute atomic E-state index is 6.86. The number of rotatable bonds is 0. The van der Waals surface area contributed by atoms with Gasteiger partial charge in [-0.2, -0.15) is 0 Å². The van der Waals surface area contributed by atoms with E-state index >= 15 is 0 Å². The van der Waals surface area contributed by atoms with Crippen molar-refractivity contribution in [1.29, 1.82) is 0 Å². The van der Waals surface area contributed by atoms with E-state index in [0.717, 1.165) is 5.75 Å². The molecule has 2 aliphatic heterocycles. The summed E-state index contributed by atoms with van der Waals surface area (Å²) < 4.78 is 11.6. The number of hydrogen-bond acceptors (Lipinski definition) is 1. The molecule has 5 rings (SSSR count). The van der Waals surface area contributed by atoms with E-state index in [1.807, 2.05) is 0 Å². The van der Waals surface area contributed by atoms with Gasteiger partial charge in [-0.1, -0.05) is 65.8 Å². The van der Waals surface area contributed by atoms with Gasteiger partial charge in [-0.3, -0.25) is 0 Å². The molecule has 3 heterocycles. The Bertz CT molecular complexity index is 1270. The summed E-state index contributed by atoms with van der Waals surface area (Å²) in [6.45, 7) is 20.9. The van der Waals surface area contributed by atoms with Crippen molar-refractivity contribution in [2.45, 2.75) is 78.6 Å². The Balaban J connectivity index is 1.92. The predicted molar refractivity (Wildman–Crippen MR) is 133 cm³/mol. The van der Waals surface area contributed by atoms with Crippen molar-refractivity contribution in [3.8, 4) is 17.1 Å². The molecule has 3 nitrogen and oxygen atoms in total. The Morgan fingerprint density at radius 1 is 1.00 bits per heavy atom. The predicted octanol–water partition coefficient (Wildman–Crippen LogP) is 5.16. The molecule has 0 fully saturated rings. The zero-order valence-electron chi connectivity index (χ0n) is 21.3. The number of aromatic nitrogens is 2. The fraction of sp³-hybridized carbons (Fsp3) is 0.464. The van der Waals surface area contributed by atoms with E-state index in [4.69, 9.17) is 4.65 Å². The van der Waals surface area contributed by atoms with Gasteiger partial charge >= 0.3 is 7.05 Å². The topological polar surface area (TPSA) is 18.0 Å². The van der Waals surface area contributed by atoms with Gasteiger partial charge < -0.3 is 4.65 Å². The fourth-order valence-electron chi connectivity index (χ4n) is 5.60. The van der Waals surface area contributed by atoms with Crippen LogP contribution in [0.1, 0.15) is 83.3 Å². The highest BCUT2D eigenvalue weighted by molar-refractivity contribution is 6.69.